The van der Waals surface area contributed by atoms with E-state index in [2.05, 4.69) is 15.0 Å². The number of aromatic carboxylic acids is 1. The third-order valence-electron chi connectivity index (χ3n) is 3.46. The fourth-order valence-corrected chi connectivity index (χ4v) is 2.37. The molecular formula is C13H17N4NaO3. The molecule has 0 aliphatic carbocycles. The van der Waals surface area contributed by atoms with Crippen LogP contribution >= 0.6 is 0 Å². The second-order valence-electron chi connectivity index (χ2n) is 4.66. The predicted molar refractivity (Wildman–Crippen MR) is 79.5 cm³/mol. The molecule has 0 radical (unpaired) electrons. The molecule has 0 unspecified atom stereocenters. The van der Waals surface area contributed by atoms with Crippen LogP contribution in [-0.2, 0) is 11.2 Å². The zero-order chi connectivity index (χ0) is 14.1. The van der Waals surface area contributed by atoms with Gasteiger partial charge in [-0.15, -0.1) is 0 Å². The molecular weight excluding hydrogens is 283 g/mol. The number of hydrogen-bond donors (Lipinski definition) is 1. The van der Waals surface area contributed by atoms with E-state index in [1.807, 2.05) is 13.0 Å². The summed E-state index contributed by atoms with van der Waals surface area (Å²) < 4.78 is 6.94. The topological polar surface area (TPSA) is 80.0 Å². The molecule has 3 heterocycles. The molecule has 0 spiro atoms. The average Bonchev–Trinajstić information content (AvgIpc) is 2.91. The van der Waals surface area contributed by atoms with Gasteiger partial charge in [0.2, 0.25) is 0 Å². The van der Waals surface area contributed by atoms with Gasteiger partial charge in [0.15, 0.2) is 5.65 Å². The first-order valence-electron chi connectivity index (χ1n) is 6.64. The summed E-state index contributed by atoms with van der Waals surface area (Å²) in [5, 5.41) is 13.3. The number of rotatable bonds is 3. The molecule has 3 rings (SSSR count). The summed E-state index contributed by atoms with van der Waals surface area (Å²) in [5.74, 6) is -0.214. The Balaban J connectivity index is 0.00000161. The van der Waals surface area contributed by atoms with Crippen molar-refractivity contribution in [2.45, 2.75) is 13.3 Å². The van der Waals surface area contributed by atoms with Gasteiger partial charge in [0.1, 0.15) is 11.4 Å². The van der Waals surface area contributed by atoms with Gasteiger partial charge in [0.05, 0.1) is 19.4 Å². The standard InChI is InChI=1S/C13H16N4O3.Na.H/c1-2-9-7-11(16-3-5-20-6-4-16)15-12-10(13(18)19)8-14-17(9)12;;/h7-8H,2-6H2,1H3,(H,18,19);;. The van der Waals surface area contributed by atoms with Crippen molar-refractivity contribution < 1.29 is 14.6 Å². The first-order chi connectivity index (χ1) is 9.70. The minimum atomic E-state index is -1.01. The molecule has 2 aromatic heterocycles. The third kappa shape index (κ3) is 3.06. The van der Waals surface area contributed by atoms with Gasteiger partial charge < -0.3 is 14.7 Å². The van der Waals surface area contributed by atoms with Crippen LogP contribution in [0.3, 0.4) is 0 Å². The molecule has 7 nitrogen and oxygen atoms in total. The molecule has 108 valence electrons. The van der Waals surface area contributed by atoms with Crippen molar-refractivity contribution in [1.29, 1.82) is 0 Å². The first kappa shape index (κ1) is 16.2. The van der Waals surface area contributed by atoms with E-state index in [0.29, 0.717) is 18.9 Å². The van der Waals surface area contributed by atoms with Crippen LogP contribution in [0, 0.1) is 0 Å². The van der Waals surface area contributed by atoms with Gasteiger partial charge in [-0.05, 0) is 6.42 Å². The summed E-state index contributed by atoms with van der Waals surface area (Å²) in [6.07, 6.45) is 2.12. The van der Waals surface area contributed by atoms with E-state index in [4.69, 9.17) is 4.74 Å². The fraction of sp³-hybridized carbons (Fsp3) is 0.462. The van der Waals surface area contributed by atoms with Gasteiger partial charge in [-0.2, -0.15) is 5.10 Å². The summed E-state index contributed by atoms with van der Waals surface area (Å²) in [4.78, 5) is 17.8. The number of carbonyl (C=O) groups is 1. The molecule has 0 saturated carbocycles. The SMILES string of the molecule is CCc1cc(N2CCOCC2)nc2c(C(=O)O)cnn12.[NaH]. The van der Waals surface area contributed by atoms with Gasteiger partial charge in [-0.1, -0.05) is 6.92 Å². The first-order valence-corrected chi connectivity index (χ1v) is 6.64. The summed E-state index contributed by atoms with van der Waals surface area (Å²) in [6.45, 7) is 4.88. The van der Waals surface area contributed by atoms with E-state index in [1.54, 1.807) is 4.52 Å². The van der Waals surface area contributed by atoms with E-state index in [1.165, 1.54) is 6.20 Å². The number of carboxylic acid groups (broad SMARTS) is 1. The van der Waals surface area contributed by atoms with Crippen molar-refractivity contribution in [3.8, 4) is 0 Å². The predicted octanol–water partition coefficient (Wildman–Crippen LogP) is 0.178. The van der Waals surface area contributed by atoms with Gasteiger partial charge in [0, 0.05) is 24.8 Å². The molecule has 21 heavy (non-hydrogen) atoms. The number of fused-ring (bicyclic) bond motifs is 1. The van der Waals surface area contributed by atoms with E-state index in [-0.39, 0.29) is 35.1 Å². The summed E-state index contributed by atoms with van der Waals surface area (Å²) >= 11 is 0. The minimum absolute atomic E-state index is 0. The summed E-state index contributed by atoms with van der Waals surface area (Å²) in [6, 6.07) is 1.97. The van der Waals surface area contributed by atoms with Crippen LogP contribution in [0.5, 0.6) is 0 Å². The Morgan fingerprint density at radius 2 is 2.14 bits per heavy atom. The van der Waals surface area contributed by atoms with Crippen molar-refractivity contribution in [3.05, 3.63) is 23.5 Å². The van der Waals surface area contributed by atoms with Gasteiger partial charge >= 0.3 is 35.5 Å². The monoisotopic (exact) mass is 300 g/mol. The molecule has 1 aliphatic rings. The van der Waals surface area contributed by atoms with Crippen molar-refractivity contribution in [3.63, 3.8) is 0 Å². The Labute approximate surface area is 144 Å². The van der Waals surface area contributed by atoms with Crippen LogP contribution in [0.25, 0.3) is 5.65 Å². The van der Waals surface area contributed by atoms with E-state index >= 15 is 0 Å². The zero-order valence-corrected chi connectivity index (χ0v) is 11.2. The second-order valence-corrected chi connectivity index (χ2v) is 4.66. The van der Waals surface area contributed by atoms with Crippen LogP contribution in [0.1, 0.15) is 23.0 Å². The molecule has 2 aromatic rings. The number of anilines is 1. The van der Waals surface area contributed by atoms with Crippen molar-refractivity contribution >= 4 is 47.0 Å². The van der Waals surface area contributed by atoms with Crippen LogP contribution in [0.4, 0.5) is 5.82 Å². The van der Waals surface area contributed by atoms with Crippen LogP contribution in [0.2, 0.25) is 0 Å². The van der Waals surface area contributed by atoms with Crippen molar-refractivity contribution in [1.82, 2.24) is 14.6 Å². The molecule has 0 bridgehead atoms. The number of morpholine rings is 1. The van der Waals surface area contributed by atoms with E-state index in [0.717, 1.165) is 31.0 Å². The molecule has 1 saturated heterocycles. The van der Waals surface area contributed by atoms with Crippen molar-refractivity contribution in [2.24, 2.45) is 0 Å². The number of nitrogens with zero attached hydrogens (tertiary/aromatic N) is 4. The van der Waals surface area contributed by atoms with Crippen LogP contribution < -0.4 is 4.90 Å². The maximum absolute atomic E-state index is 11.2. The van der Waals surface area contributed by atoms with E-state index < -0.39 is 5.97 Å². The maximum atomic E-state index is 11.2. The third-order valence-corrected chi connectivity index (χ3v) is 3.46. The number of ether oxygens (including phenoxy) is 1. The Hall–Kier alpha value is -1.15. The molecule has 0 amide bonds. The van der Waals surface area contributed by atoms with Gasteiger partial charge in [0.25, 0.3) is 0 Å². The normalized spacial score (nSPS) is 15.0. The quantitative estimate of drug-likeness (QED) is 0.815. The van der Waals surface area contributed by atoms with Crippen LogP contribution in [-0.4, -0.2) is 81.5 Å². The summed E-state index contributed by atoms with van der Waals surface area (Å²) in [7, 11) is 0. The summed E-state index contributed by atoms with van der Waals surface area (Å²) in [5.41, 5.74) is 1.48. The van der Waals surface area contributed by atoms with Gasteiger partial charge in [-0.25, -0.2) is 14.3 Å². The van der Waals surface area contributed by atoms with E-state index in [9.17, 15) is 9.90 Å². The van der Waals surface area contributed by atoms with Crippen LogP contribution in [0.15, 0.2) is 12.3 Å². The molecule has 1 N–H and O–H groups in total. The molecule has 0 aromatic carbocycles. The Morgan fingerprint density at radius 1 is 1.43 bits per heavy atom. The molecule has 1 aliphatic heterocycles. The average molecular weight is 300 g/mol. The number of aromatic nitrogens is 3. The number of aryl methyl sites for hydroxylation is 1. The van der Waals surface area contributed by atoms with Crippen molar-refractivity contribution in [2.75, 3.05) is 31.2 Å². The van der Waals surface area contributed by atoms with Gasteiger partial charge in [-0.3, -0.25) is 0 Å². The fourth-order valence-electron chi connectivity index (χ4n) is 2.37. The Morgan fingerprint density at radius 3 is 2.76 bits per heavy atom. The number of carboxylic acids is 1. The molecule has 1 fully saturated rings. The molecule has 8 heteroatoms. The Bertz CT molecular complexity index is 652. The number of hydrogen-bond acceptors (Lipinski definition) is 5. The molecule has 0 atom stereocenters. The zero-order valence-electron chi connectivity index (χ0n) is 11.2. The Kier molecular flexibility index (Phi) is 5.21. The second kappa shape index (κ2) is 6.74.